The van der Waals surface area contributed by atoms with Gasteiger partial charge in [-0.2, -0.15) is 0 Å². The molecule has 0 bridgehead atoms. The van der Waals surface area contributed by atoms with E-state index in [4.69, 9.17) is 5.21 Å². The van der Waals surface area contributed by atoms with Crippen LogP contribution < -0.4 is 5.32 Å². The fourth-order valence-corrected chi connectivity index (χ4v) is 2.70. The number of amides is 1. The fourth-order valence-electron chi connectivity index (χ4n) is 1.94. The maximum absolute atomic E-state index is 11.8. The number of hydrogen-bond acceptors (Lipinski definition) is 5. The maximum Gasteiger partial charge on any atom is 0.229 e. The lowest BCUT2D eigenvalue weighted by atomic mass is 10.1. The lowest BCUT2D eigenvalue weighted by Crippen LogP contribution is -2.20. The molecule has 5 nitrogen and oxygen atoms in total. The Morgan fingerprint density at radius 2 is 2.29 bits per heavy atom. The zero-order valence-corrected chi connectivity index (χ0v) is 10.5. The Bertz CT molecular complexity index is 436. The summed E-state index contributed by atoms with van der Waals surface area (Å²) in [4.78, 5) is 16.0. The SMILES string of the molecule is CC(=NO)c1csc(NC(=O)C2CCCC2)n1. The molecule has 1 heterocycles. The van der Waals surface area contributed by atoms with Crippen LogP contribution in [-0.4, -0.2) is 21.8 Å². The van der Waals surface area contributed by atoms with Crippen molar-refractivity contribution in [1.82, 2.24) is 4.98 Å². The van der Waals surface area contributed by atoms with Crippen LogP contribution in [0.1, 0.15) is 38.3 Å². The van der Waals surface area contributed by atoms with Crippen LogP contribution in [0.4, 0.5) is 5.13 Å². The summed E-state index contributed by atoms with van der Waals surface area (Å²) >= 11 is 1.35. The average Bonchev–Trinajstić information content (AvgIpc) is 2.98. The molecule has 0 radical (unpaired) electrons. The fraction of sp³-hybridized carbons (Fsp3) is 0.545. The lowest BCUT2D eigenvalue weighted by Gasteiger charge is -2.07. The third-order valence-electron chi connectivity index (χ3n) is 2.98. The van der Waals surface area contributed by atoms with Gasteiger partial charge in [-0.15, -0.1) is 11.3 Å². The molecule has 1 amide bonds. The zero-order valence-electron chi connectivity index (χ0n) is 9.64. The van der Waals surface area contributed by atoms with Crippen LogP contribution in [0, 0.1) is 5.92 Å². The van der Waals surface area contributed by atoms with Gasteiger partial charge in [-0.05, 0) is 19.8 Å². The molecular formula is C11H15N3O2S. The normalized spacial score (nSPS) is 17.4. The van der Waals surface area contributed by atoms with Crippen LogP contribution in [0.25, 0.3) is 0 Å². The molecule has 0 unspecified atom stereocenters. The molecule has 1 fully saturated rings. The van der Waals surface area contributed by atoms with Crippen LogP contribution in [0.3, 0.4) is 0 Å². The Hall–Kier alpha value is -1.43. The highest BCUT2D eigenvalue weighted by Crippen LogP contribution is 2.26. The molecule has 1 aromatic rings. The molecule has 0 aromatic carbocycles. The van der Waals surface area contributed by atoms with E-state index in [9.17, 15) is 4.79 Å². The van der Waals surface area contributed by atoms with E-state index in [1.54, 1.807) is 12.3 Å². The number of nitrogens with one attached hydrogen (secondary N) is 1. The van der Waals surface area contributed by atoms with Crippen molar-refractivity contribution in [2.24, 2.45) is 11.1 Å². The van der Waals surface area contributed by atoms with Gasteiger partial charge in [0.25, 0.3) is 0 Å². The quantitative estimate of drug-likeness (QED) is 0.493. The van der Waals surface area contributed by atoms with Crippen LogP contribution in [0.2, 0.25) is 0 Å². The molecule has 17 heavy (non-hydrogen) atoms. The molecule has 1 aliphatic rings. The Morgan fingerprint density at radius 3 is 2.94 bits per heavy atom. The van der Waals surface area contributed by atoms with E-state index in [-0.39, 0.29) is 11.8 Å². The van der Waals surface area contributed by atoms with Gasteiger partial charge in [0, 0.05) is 11.3 Å². The first kappa shape index (κ1) is 12.0. The number of nitrogens with zero attached hydrogens (tertiary/aromatic N) is 2. The van der Waals surface area contributed by atoms with Gasteiger partial charge >= 0.3 is 0 Å². The summed E-state index contributed by atoms with van der Waals surface area (Å²) in [6.45, 7) is 1.66. The molecule has 92 valence electrons. The van der Waals surface area contributed by atoms with Crippen LogP contribution in [0.15, 0.2) is 10.5 Å². The number of carbonyl (C=O) groups is 1. The first-order chi connectivity index (χ1) is 8.20. The minimum Gasteiger partial charge on any atom is -0.411 e. The highest BCUT2D eigenvalue weighted by Gasteiger charge is 2.23. The van der Waals surface area contributed by atoms with E-state index in [0.717, 1.165) is 25.7 Å². The summed E-state index contributed by atoms with van der Waals surface area (Å²) < 4.78 is 0. The largest absolute Gasteiger partial charge is 0.411 e. The number of oxime groups is 1. The van der Waals surface area contributed by atoms with Gasteiger partial charge in [0.2, 0.25) is 5.91 Å². The van der Waals surface area contributed by atoms with E-state index in [1.807, 2.05) is 0 Å². The summed E-state index contributed by atoms with van der Waals surface area (Å²) in [5.41, 5.74) is 1.04. The first-order valence-electron chi connectivity index (χ1n) is 5.66. The number of hydrogen-bond donors (Lipinski definition) is 2. The smallest absolute Gasteiger partial charge is 0.229 e. The van der Waals surface area contributed by atoms with E-state index < -0.39 is 0 Å². The minimum absolute atomic E-state index is 0.0574. The highest BCUT2D eigenvalue weighted by atomic mass is 32.1. The number of carbonyl (C=O) groups excluding carboxylic acids is 1. The second-order valence-electron chi connectivity index (χ2n) is 4.19. The van der Waals surface area contributed by atoms with Crippen molar-refractivity contribution in [2.45, 2.75) is 32.6 Å². The number of aromatic nitrogens is 1. The Balaban J connectivity index is 1.99. The predicted octanol–water partition coefficient (Wildman–Crippen LogP) is 2.47. The molecular weight excluding hydrogens is 238 g/mol. The average molecular weight is 253 g/mol. The molecule has 1 aliphatic carbocycles. The van der Waals surface area contributed by atoms with E-state index >= 15 is 0 Å². The second kappa shape index (κ2) is 5.27. The second-order valence-corrected chi connectivity index (χ2v) is 5.05. The molecule has 6 heteroatoms. The highest BCUT2D eigenvalue weighted by molar-refractivity contribution is 7.14. The van der Waals surface area contributed by atoms with Gasteiger partial charge in [0.05, 0.1) is 0 Å². The standard InChI is InChI=1S/C11H15N3O2S/c1-7(14-16)9-6-17-11(12-9)13-10(15)8-4-2-3-5-8/h6,8,16H,2-5H2,1H3,(H,12,13,15). The van der Waals surface area contributed by atoms with Crippen molar-refractivity contribution < 1.29 is 10.0 Å². The summed E-state index contributed by atoms with van der Waals surface area (Å²) in [5, 5.41) is 16.8. The van der Waals surface area contributed by atoms with Crippen LogP contribution >= 0.6 is 11.3 Å². The number of rotatable bonds is 3. The van der Waals surface area contributed by atoms with Crippen molar-refractivity contribution in [3.8, 4) is 0 Å². The Kier molecular flexibility index (Phi) is 3.73. The van der Waals surface area contributed by atoms with Crippen molar-refractivity contribution in [3.05, 3.63) is 11.1 Å². The molecule has 0 aliphatic heterocycles. The van der Waals surface area contributed by atoms with Crippen molar-refractivity contribution in [3.63, 3.8) is 0 Å². The third-order valence-corrected chi connectivity index (χ3v) is 3.74. The predicted molar refractivity (Wildman–Crippen MR) is 66.7 cm³/mol. The summed E-state index contributed by atoms with van der Waals surface area (Å²) in [6.07, 6.45) is 4.22. The lowest BCUT2D eigenvalue weighted by molar-refractivity contribution is -0.119. The summed E-state index contributed by atoms with van der Waals surface area (Å²) in [6, 6.07) is 0. The van der Waals surface area contributed by atoms with Crippen molar-refractivity contribution >= 4 is 28.1 Å². The van der Waals surface area contributed by atoms with Gasteiger partial charge in [-0.25, -0.2) is 4.98 Å². The topological polar surface area (TPSA) is 74.6 Å². The van der Waals surface area contributed by atoms with Gasteiger partial charge in [0.1, 0.15) is 11.4 Å². The van der Waals surface area contributed by atoms with E-state index in [2.05, 4.69) is 15.5 Å². The maximum atomic E-state index is 11.8. The van der Waals surface area contributed by atoms with Crippen molar-refractivity contribution in [2.75, 3.05) is 5.32 Å². The summed E-state index contributed by atoms with van der Waals surface area (Å²) in [5.74, 6) is 0.192. The molecule has 1 aromatic heterocycles. The van der Waals surface area contributed by atoms with Gasteiger partial charge < -0.3 is 10.5 Å². The number of anilines is 1. The minimum atomic E-state index is 0.0574. The molecule has 0 atom stereocenters. The monoisotopic (exact) mass is 253 g/mol. The van der Waals surface area contributed by atoms with Gasteiger partial charge in [-0.3, -0.25) is 4.79 Å². The number of thiazole rings is 1. The summed E-state index contributed by atoms with van der Waals surface area (Å²) in [7, 11) is 0. The van der Waals surface area contributed by atoms with E-state index in [1.165, 1.54) is 11.3 Å². The molecule has 2 N–H and O–H groups in total. The van der Waals surface area contributed by atoms with Gasteiger partial charge in [-0.1, -0.05) is 18.0 Å². The Morgan fingerprint density at radius 1 is 1.59 bits per heavy atom. The van der Waals surface area contributed by atoms with Crippen LogP contribution in [0.5, 0.6) is 0 Å². The molecule has 2 rings (SSSR count). The van der Waals surface area contributed by atoms with E-state index in [0.29, 0.717) is 16.5 Å². The Labute approximate surface area is 104 Å². The van der Waals surface area contributed by atoms with Crippen molar-refractivity contribution in [1.29, 1.82) is 0 Å². The molecule has 1 saturated carbocycles. The molecule has 0 spiro atoms. The third kappa shape index (κ3) is 2.82. The van der Waals surface area contributed by atoms with Crippen LogP contribution in [-0.2, 0) is 4.79 Å². The zero-order chi connectivity index (χ0) is 12.3. The molecule has 0 saturated heterocycles. The first-order valence-corrected chi connectivity index (χ1v) is 6.54. The van der Waals surface area contributed by atoms with Gasteiger partial charge in [0.15, 0.2) is 5.13 Å².